The lowest BCUT2D eigenvalue weighted by Gasteiger charge is -2.08. The zero-order valence-electron chi connectivity index (χ0n) is 13.5. The Morgan fingerprint density at radius 3 is 2.58 bits per heavy atom. The molecule has 0 unspecified atom stereocenters. The second-order valence-electron chi connectivity index (χ2n) is 5.55. The number of aryl methyl sites for hydroxylation is 2. The summed E-state index contributed by atoms with van der Waals surface area (Å²) in [6.07, 6.45) is 0. The molecule has 0 aliphatic rings. The van der Waals surface area contributed by atoms with Crippen LogP contribution in [-0.4, -0.2) is 11.1 Å². The number of amides is 1. The standard InChI is InChI=1S/C19H17ClN2O2/c1-12-7-3-4-8-14(12)11-21-19(23)17-13(2)24-22-18(17)15-9-5-6-10-16(15)20/h3-10H,11H2,1-2H3,(H,21,23). The molecule has 1 aromatic heterocycles. The van der Waals surface area contributed by atoms with Gasteiger partial charge in [0.1, 0.15) is 17.0 Å². The van der Waals surface area contributed by atoms with Crippen molar-refractivity contribution in [2.24, 2.45) is 0 Å². The van der Waals surface area contributed by atoms with E-state index in [0.29, 0.717) is 34.1 Å². The van der Waals surface area contributed by atoms with E-state index in [0.717, 1.165) is 11.1 Å². The summed E-state index contributed by atoms with van der Waals surface area (Å²) in [5.41, 5.74) is 3.75. The molecule has 4 nitrogen and oxygen atoms in total. The zero-order chi connectivity index (χ0) is 17.1. The predicted octanol–water partition coefficient (Wildman–Crippen LogP) is 4.54. The van der Waals surface area contributed by atoms with E-state index in [1.165, 1.54) is 0 Å². The van der Waals surface area contributed by atoms with Gasteiger partial charge in [0.05, 0.1) is 5.02 Å². The second-order valence-corrected chi connectivity index (χ2v) is 5.96. The monoisotopic (exact) mass is 340 g/mol. The van der Waals surface area contributed by atoms with Crippen molar-refractivity contribution in [1.82, 2.24) is 10.5 Å². The number of benzene rings is 2. The first-order valence-corrected chi connectivity index (χ1v) is 7.99. The van der Waals surface area contributed by atoms with E-state index in [1.54, 1.807) is 13.0 Å². The van der Waals surface area contributed by atoms with Gasteiger partial charge < -0.3 is 9.84 Å². The Morgan fingerprint density at radius 2 is 1.83 bits per heavy atom. The molecule has 1 N–H and O–H groups in total. The fraction of sp³-hybridized carbons (Fsp3) is 0.158. The van der Waals surface area contributed by atoms with Crippen molar-refractivity contribution in [2.45, 2.75) is 20.4 Å². The lowest BCUT2D eigenvalue weighted by Crippen LogP contribution is -2.24. The third kappa shape index (κ3) is 3.19. The van der Waals surface area contributed by atoms with Gasteiger partial charge in [0, 0.05) is 12.1 Å². The molecule has 0 aliphatic carbocycles. The maximum Gasteiger partial charge on any atom is 0.257 e. The molecular formula is C19H17ClN2O2. The van der Waals surface area contributed by atoms with Crippen molar-refractivity contribution in [3.8, 4) is 11.3 Å². The average Bonchev–Trinajstić information content (AvgIpc) is 2.96. The number of nitrogens with zero attached hydrogens (tertiary/aromatic N) is 1. The Bertz CT molecular complexity index is 887. The summed E-state index contributed by atoms with van der Waals surface area (Å²) >= 11 is 6.23. The van der Waals surface area contributed by atoms with Gasteiger partial charge in [0.2, 0.25) is 0 Å². The molecule has 1 amide bonds. The zero-order valence-corrected chi connectivity index (χ0v) is 14.2. The first kappa shape index (κ1) is 16.3. The summed E-state index contributed by atoms with van der Waals surface area (Å²) in [6.45, 7) is 4.18. The van der Waals surface area contributed by atoms with Gasteiger partial charge in [-0.2, -0.15) is 0 Å². The van der Waals surface area contributed by atoms with E-state index >= 15 is 0 Å². The van der Waals surface area contributed by atoms with E-state index in [-0.39, 0.29) is 5.91 Å². The SMILES string of the molecule is Cc1ccccc1CNC(=O)c1c(-c2ccccc2Cl)noc1C. The minimum absolute atomic E-state index is 0.230. The van der Waals surface area contributed by atoms with Crippen LogP contribution in [0.4, 0.5) is 0 Å². The minimum Gasteiger partial charge on any atom is -0.360 e. The normalized spacial score (nSPS) is 10.6. The van der Waals surface area contributed by atoms with Crippen LogP contribution in [-0.2, 0) is 6.54 Å². The smallest absolute Gasteiger partial charge is 0.257 e. The Morgan fingerprint density at radius 1 is 1.12 bits per heavy atom. The molecule has 3 aromatic rings. The van der Waals surface area contributed by atoms with Crippen LogP contribution in [0, 0.1) is 13.8 Å². The van der Waals surface area contributed by atoms with Crippen LogP contribution < -0.4 is 5.32 Å². The van der Waals surface area contributed by atoms with Gasteiger partial charge in [-0.15, -0.1) is 0 Å². The van der Waals surface area contributed by atoms with Gasteiger partial charge in [-0.05, 0) is 31.0 Å². The third-order valence-electron chi connectivity index (χ3n) is 3.92. The Labute approximate surface area is 145 Å². The molecule has 0 spiro atoms. The fourth-order valence-electron chi connectivity index (χ4n) is 2.55. The molecule has 122 valence electrons. The molecule has 3 rings (SSSR count). The number of carbonyl (C=O) groups is 1. The first-order valence-electron chi connectivity index (χ1n) is 7.62. The highest BCUT2D eigenvalue weighted by atomic mass is 35.5. The number of rotatable bonds is 4. The molecule has 24 heavy (non-hydrogen) atoms. The quantitative estimate of drug-likeness (QED) is 0.758. The molecule has 0 bridgehead atoms. The van der Waals surface area contributed by atoms with Crippen LogP contribution >= 0.6 is 11.6 Å². The molecular weight excluding hydrogens is 324 g/mol. The van der Waals surface area contributed by atoms with Gasteiger partial charge in [0.15, 0.2) is 0 Å². The summed E-state index contributed by atoms with van der Waals surface area (Å²) in [5, 5.41) is 7.48. The topological polar surface area (TPSA) is 55.1 Å². The maximum atomic E-state index is 12.7. The Kier molecular flexibility index (Phi) is 4.67. The van der Waals surface area contributed by atoms with E-state index < -0.39 is 0 Å². The van der Waals surface area contributed by atoms with Crippen molar-refractivity contribution in [3.63, 3.8) is 0 Å². The third-order valence-corrected chi connectivity index (χ3v) is 4.25. The van der Waals surface area contributed by atoms with Gasteiger partial charge in [-0.3, -0.25) is 4.79 Å². The maximum absolute atomic E-state index is 12.7. The van der Waals surface area contributed by atoms with Crippen molar-refractivity contribution in [1.29, 1.82) is 0 Å². The fourth-order valence-corrected chi connectivity index (χ4v) is 2.77. The second kappa shape index (κ2) is 6.89. The van der Waals surface area contributed by atoms with Gasteiger partial charge in [-0.25, -0.2) is 0 Å². The molecule has 0 saturated heterocycles. The van der Waals surface area contributed by atoms with Gasteiger partial charge in [0.25, 0.3) is 5.91 Å². The van der Waals surface area contributed by atoms with Crippen LogP contribution in [0.3, 0.4) is 0 Å². The first-order chi connectivity index (χ1) is 11.6. The van der Waals surface area contributed by atoms with Crippen molar-refractivity contribution in [2.75, 3.05) is 0 Å². The van der Waals surface area contributed by atoms with E-state index in [9.17, 15) is 4.79 Å². The lowest BCUT2D eigenvalue weighted by molar-refractivity contribution is 0.0950. The average molecular weight is 341 g/mol. The number of hydrogen-bond donors (Lipinski definition) is 1. The molecule has 2 aromatic carbocycles. The molecule has 0 aliphatic heterocycles. The van der Waals surface area contributed by atoms with Crippen LogP contribution in [0.25, 0.3) is 11.3 Å². The summed E-state index contributed by atoms with van der Waals surface area (Å²) in [4.78, 5) is 12.7. The van der Waals surface area contributed by atoms with Crippen molar-refractivity contribution >= 4 is 17.5 Å². The van der Waals surface area contributed by atoms with Crippen molar-refractivity contribution < 1.29 is 9.32 Å². The molecule has 5 heteroatoms. The lowest BCUT2D eigenvalue weighted by atomic mass is 10.0. The molecule has 0 fully saturated rings. The summed E-state index contributed by atoms with van der Waals surface area (Å²) < 4.78 is 5.23. The number of halogens is 1. The highest BCUT2D eigenvalue weighted by Gasteiger charge is 2.22. The van der Waals surface area contributed by atoms with E-state index in [2.05, 4.69) is 10.5 Å². The van der Waals surface area contributed by atoms with Crippen molar-refractivity contribution in [3.05, 3.63) is 76.0 Å². The van der Waals surface area contributed by atoms with E-state index in [1.807, 2.05) is 49.4 Å². The Balaban J connectivity index is 1.87. The number of hydrogen-bond acceptors (Lipinski definition) is 3. The van der Waals surface area contributed by atoms with E-state index in [4.69, 9.17) is 16.1 Å². The van der Waals surface area contributed by atoms with Crippen LogP contribution in [0.15, 0.2) is 53.1 Å². The highest BCUT2D eigenvalue weighted by Crippen LogP contribution is 2.30. The predicted molar refractivity (Wildman–Crippen MR) is 94.0 cm³/mol. The summed E-state index contributed by atoms with van der Waals surface area (Å²) in [7, 11) is 0. The molecule has 0 atom stereocenters. The van der Waals surface area contributed by atoms with Gasteiger partial charge >= 0.3 is 0 Å². The number of carbonyl (C=O) groups excluding carboxylic acids is 1. The summed E-state index contributed by atoms with van der Waals surface area (Å²) in [5.74, 6) is 0.235. The number of aromatic nitrogens is 1. The Hall–Kier alpha value is -2.59. The molecule has 0 radical (unpaired) electrons. The largest absolute Gasteiger partial charge is 0.360 e. The molecule has 0 saturated carbocycles. The van der Waals surface area contributed by atoms with Crippen LogP contribution in [0.1, 0.15) is 27.2 Å². The molecule has 1 heterocycles. The van der Waals surface area contributed by atoms with Crippen LogP contribution in [0.5, 0.6) is 0 Å². The summed E-state index contributed by atoms with van der Waals surface area (Å²) in [6, 6.07) is 15.2. The number of nitrogens with one attached hydrogen (secondary N) is 1. The minimum atomic E-state index is -0.230. The van der Waals surface area contributed by atoms with Crippen LogP contribution in [0.2, 0.25) is 5.02 Å². The highest BCUT2D eigenvalue weighted by molar-refractivity contribution is 6.33. The van der Waals surface area contributed by atoms with Gasteiger partial charge in [-0.1, -0.05) is 59.2 Å².